The number of benzene rings is 4. The number of carbonyl (C=O) groups excluding carboxylic acids is 2. The van der Waals surface area contributed by atoms with Crippen LogP contribution in [-0.2, 0) is 0 Å². The molecule has 0 saturated carbocycles. The van der Waals surface area contributed by atoms with E-state index in [1.807, 2.05) is 33.8 Å². The van der Waals surface area contributed by atoms with E-state index in [1.54, 1.807) is 26.8 Å². The fourth-order valence-electron chi connectivity index (χ4n) is 5.91. The summed E-state index contributed by atoms with van der Waals surface area (Å²) >= 11 is 0. The Morgan fingerprint density at radius 3 is 1.37 bits per heavy atom. The van der Waals surface area contributed by atoms with Crippen LogP contribution in [0.25, 0.3) is 32.7 Å². The van der Waals surface area contributed by atoms with Gasteiger partial charge in [0.25, 0.3) is 0 Å². The maximum atomic E-state index is 12.1. The number of aromatic hydroxyl groups is 5. The lowest BCUT2D eigenvalue weighted by Gasteiger charge is -2.23. The summed E-state index contributed by atoms with van der Waals surface area (Å²) in [5.41, 5.74) is 2.94. The van der Waals surface area contributed by atoms with Crippen molar-refractivity contribution >= 4 is 34.1 Å². The first kappa shape index (κ1) is 26.8. The average molecular weight is 517 g/mol. The zero-order valence-corrected chi connectivity index (χ0v) is 22.5. The Bertz CT molecular complexity index is 1550. The highest BCUT2D eigenvalue weighted by Crippen LogP contribution is 2.53. The fourth-order valence-corrected chi connectivity index (χ4v) is 5.91. The Morgan fingerprint density at radius 2 is 0.974 bits per heavy atom. The molecular weight excluding hydrogens is 484 g/mol. The van der Waals surface area contributed by atoms with Crippen molar-refractivity contribution < 1.29 is 35.1 Å². The lowest BCUT2D eigenvalue weighted by atomic mass is 9.82. The van der Waals surface area contributed by atoms with Crippen LogP contribution in [0.2, 0.25) is 0 Å². The molecule has 0 aliphatic heterocycles. The summed E-state index contributed by atoms with van der Waals surface area (Å²) in [6.07, 6.45) is 0.870. The first-order chi connectivity index (χ1) is 17.8. The van der Waals surface area contributed by atoms with E-state index in [4.69, 9.17) is 0 Å². The van der Waals surface area contributed by atoms with Gasteiger partial charge < -0.3 is 25.5 Å². The van der Waals surface area contributed by atoms with E-state index in [9.17, 15) is 35.1 Å². The minimum absolute atomic E-state index is 0.0233. The smallest absolute Gasteiger partial charge is 0.169 e. The summed E-state index contributed by atoms with van der Waals surface area (Å²) in [6, 6.07) is 3.51. The number of phenolic OH excluding ortho intramolecular Hbond substituents is 5. The molecule has 4 aromatic carbocycles. The van der Waals surface area contributed by atoms with Gasteiger partial charge in [0.2, 0.25) is 0 Å². The summed E-state index contributed by atoms with van der Waals surface area (Å²) in [7, 11) is 0. The number of fused-ring (bicyclic) bond motifs is 2. The van der Waals surface area contributed by atoms with Crippen molar-refractivity contribution in [3.8, 4) is 39.9 Å². The topological polar surface area (TPSA) is 135 Å². The monoisotopic (exact) mass is 516 g/mol. The van der Waals surface area contributed by atoms with Crippen molar-refractivity contribution in [2.24, 2.45) is 0 Å². The molecule has 4 rings (SSSR count). The van der Waals surface area contributed by atoms with Crippen molar-refractivity contribution in [1.82, 2.24) is 0 Å². The molecule has 0 radical (unpaired) electrons. The van der Waals surface area contributed by atoms with Crippen molar-refractivity contribution in [1.29, 1.82) is 0 Å². The quantitative estimate of drug-likeness (QED) is 0.143. The highest BCUT2D eigenvalue weighted by Gasteiger charge is 2.29. The van der Waals surface area contributed by atoms with Gasteiger partial charge in [0.1, 0.15) is 17.2 Å². The van der Waals surface area contributed by atoms with Crippen LogP contribution in [0, 0.1) is 20.8 Å². The zero-order valence-electron chi connectivity index (χ0n) is 22.5. The van der Waals surface area contributed by atoms with Crippen molar-refractivity contribution in [3.05, 3.63) is 51.1 Å². The Hall–Kier alpha value is -4.26. The van der Waals surface area contributed by atoms with E-state index in [0.717, 1.165) is 5.56 Å². The average Bonchev–Trinajstić information content (AvgIpc) is 2.83. The number of carbonyl (C=O) groups is 2. The molecule has 0 amide bonds. The van der Waals surface area contributed by atoms with Gasteiger partial charge in [-0.3, -0.25) is 9.59 Å². The summed E-state index contributed by atoms with van der Waals surface area (Å²) in [6.45, 7) is 12.8. The molecule has 0 saturated heterocycles. The van der Waals surface area contributed by atoms with E-state index < -0.39 is 11.5 Å². The molecule has 198 valence electrons. The maximum Gasteiger partial charge on any atom is 0.169 e. The lowest BCUT2D eigenvalue weighted by molar-refractivity contribution is 0.111. The summed E-state index contributed by atoms with van der Waals surface area (Å²) in [5.74, 6) is -2.20. The predicted octanol–water partition coefficient (Wildman–Crippen LogP) is 6.99. The van der Waals surface area contributed by atoms with Crippen LogP contribution in [0.1, 0.15) is 88.1 Å². The molecule has 0 aliphatic carbocycles. The van der Waals surface area contributed by atoms with Crippen LogP contribution in [0.5, 0.6) is 28.7 Å². The molecule has 0 fully saturated rings. The summed E-state index contributed by atoms with van der Waals surface area (Å²) in [5, 5.41) is 56.6. The summed E-state index contributed by atoms with van der Waals surface area (Å²) in [4.78, 5) is 24.1. The van der Waals surface area contributed by atoms with Crippen LogP contribution in [0.3, 0.4) is 0 Å². The van der Waals surface area contributed by atoms with E-state index in [-0.39, 0.29) is 62.1 Å². The van der Waals surface area contributed by atoms with Crippen LogP contribution < -0.4 is 0 Å². The van der Waals surface area contributed by atoms with E-state index in [1.165, 1.54) is 0 Å². The zero-order chi connectivity index (χ0) is 28.4. The third-order valence-electron chi connectivity index (χ3n) is 7.50. The molecule has 38 heavy (non-hydrogen) atoms. The standard InChI is InChI=1S/C31H32O7/c1-12(2)21-16(7)27(34)19(10-32)25-17(21)8-14(5)23(29(25)36)24-15(6)9-18-22(13(3)4)31(38)28(35)20(11-33)26(18)30(24)37/h8-13,34-38H,1-7H3. The third-order valence-corrected chi connectivity index (χ3v) is 7.50. The van der Waals surface area contributed by atoms with Crippen molar-refractivity contribution in [2.75, 3.05) is 0 Å². The Labute approximate surface area is 220 Å². The molecule has 4 aromatic rings. The summed E-state index contributed by atoms with van der Waals surface area (Å²) < 4.78 is 0. The number of hydrogen-bond acceptors (Lipinski definition) is 7. The van der Waals surface area contributed by atoms with Gasteiger partial charge in [-0.25, -0.2) is 0 Å². The molecule has 0 atom stereocenters. The SMILES string of the molecule is Cc1cc2c(C(C)C)c(C)c(O)c(C=O)c2c(O)c1-c1c(C)cc2c(C(C)C)c(O)c(O)c(C=O)c2c1O. The molecule has 0 bridgehead atoms. The molecule has 7 nitrogen and oxygen atoms in total. The number of hydrogen-bond donors (Lipinski definition) is 5. The minimum atomic E-state index is -0.633. The van der Waals surface area contributed by atoms with Gasteiger partial charge >= 0.3 is 0 Å². The Morgan fingerprint density at radius 1 is 0.579 bits per heavy atom. The van der Waals surface area contributed by atoms with E-state index in [0.29, 0.717) is 45.6 Å². The van der Waals surface area contributed by atoms with Crippen molar-refractivity contribution in [3.63, 3.8) is 0 Å². The van der Waals surface area contributed by atoms with E-state index in [2.05, 4.69) is 0 Å². The third kappa shape index (κ3) is 3.56. The molecule has 0 spiro atoms. The minimum Gasteiger partial charge on any atom is -0.507 e. The second kappa shape index (κ2) is 9.24. The highest BCUT2D eigenvalue weighted by molar-refractivity contribution is 6.13. The molecule has 0 heterocycles. The molecule has 0 aliphatic rings. The Kier molecular flexibility index (Phi) is 6.52. The van der Waals surface area contributed by atoms with Crippen LogP contribution in [-0.4, -0.2) is 38.1 Å². The van der Waals surface area contributed by atoms with Crippen LogP contribution in [0.15, 0.2) is 12.1 Å². The number of phenols is 5. The largest absolute Gasteiger partial charge is 0.507 e. The molecular formula is C31H32O7. The molecule has 0 aromatic heterocycles. The number of aryl methyl sites for hydroxylation is 2. The van der Waals surface area contributed by atoms with E-state index >= 15 is 0 Å². The fraction of sp³-hybridized carbons (Fsp3) is 0.290. The first-order valence-corrected chi connectivity index (χ1v) is 12.5. The highest BCUT2D eigenvalue weighted by atomic mass is 16.3. The lowest BCUT2D eigenvalue weighted by Crippen LogP contribution is -2.02. The normalized spacial score (nSPS) is 11.7. The molecule has 7 heteroatoms. The first-order valence-electron chi connectivity index (χ1n) is 12.5. The van der Waals surface area contributed by atoms with Crippen LogP contribution >= 0.6 is 0 Å². The van der Waals surface area contributed by atoms with Crippen LogP contribution in [0.4, 0.5) is 0 Å². The molecule has 0 unspecified atom stereocenters. The van der Waals surface area contributed by atoms with Gasteiger partial charge in [0.15, 0.2) is 24.1 Å². The van der Waals surface area contributed by atoms with Crippen molar-refractivity contribution in [2.45, 2.75) is 60.3 Å². The predicted molar refractivity (Wildman–Crippen MR) is 148 cm³/mol. The van der Waals surface area contributed by atoms with Gasteiger partial charge in [0.05, 0.1) is 11.1 Å². The van der Waals surface area contributed by atoms with Gasteiger partial charge in [-0.1, -0.05) is 39.8 Å². The number of aldehydes is 2. The number of rotatable bonds is 5. The Balaban J connectivity index is 2.27. The second-order valence-corrected chi connectivity index (χ2v) is 10.5. The second-order valence-electron chi connectivity index (χ2n) is 10.5. The van der Waals surface area contributed by atoms with Gasteiger partial charge in [-0.05, 0) is 65.6 Å². The van der Waals surface area contributed by atoms with Gasteiger partial charge in [0, 0.05) is 27.5 Å². The molecule has 5 N–H and O–H groups in total. The maximum absolute atomic E-state index is 12.1. The van der Waals surface area contributed by atoms with Gasteiger partial charge in [-0.2, -0.15) is 0 Å². The van der Waals surface area contributed by atoms with Gasteiger partial charge in [-0.15, -0.1) is 0 Å².